The van der Waals surface area contributed by atoms with E-state index in [2.05, 4.69) is 22.6 Å². The van der Waals surface area contributed by atoms with Gasteiger partial charge in [0.1, 0.15) is 0 Å². The van der Waals surface area contributed by atoms with Crippen molar-refractivity contribution in [2.45, 2.75) is 13.8 Å². The highest BCUT2D eigenvalue weighted by Crippen LogP contribution is 2.24. The zero-order valence-corrected chi connectivity index (χ0v) is 12.0. The Morgan fingerprint density at radius 3 is 2.53 bits per heavy atom. The molecule has 1 rings (SSSR count). The molecular formula is C10H14INO2S. The molecule has 15 heavy (non-hydrogen) atoms. The van der Waals surface area contributed by atoms with Crippen LogP contribution in [0.5, 0.6) is 0 Å². The summed E-state index contributed by atoms with van der Waals surface area (Å²) in [5, 5.41) is 0. The first-order chi connectivity index (χ1) is 6.88. The highest BCUT2D eigenvalue weighted by molar-refractivity contribution is 14.1. The third kappa shape index (κ3) is 2.84. The van der Waals surface area contributed by atoms with E-state index >= 15 is 0 Å². The molecule has 0 spiro atoms. The predicted octanol–water partition coefficient (Wildman–Crippen LogP) is 2.39. The Balaban J connectivity index is 3.22. The molecule has 5 heteroatoms. The maximum absolute atomic E-state index is 11.7. The molecule has 0 aliphatic rings. The van der Waals surface area contributed by atoms with E-state index in [-0.39, 0.29) is 5.75 Å². The molecule has 0 atom stereocenters. The molecule has 3 nitrogen and oxygen atoms in total. The van der Waals surface area contributed by atoms with Gasteiger partial charge < -0.3 is 0 Å². The summed E-state index contributed by atoms with van der Waals surface area (Å²) in [5.74, 6) is 0.119. The molecule has 1 aromatic carbocycles. The van der Waals surface area contributed by atoms with E-state index in [1.54, 1.807) is 14.0 Å². The van der Waals surface area contributed by atoms with Crippen LogP contribution in [0.25, 0.3) is 0 Å². The van der Waals surface area contributed by atoms with Gasteiger partial charge in [0.2, 0.25) is 10.0 Å². The quantitative estimate of drug-likeness (QED) is 0.793. The molecule has 0 unspecified atom stereocenters. The number of rotatable bonds is 3. The van der Waals surface area contributed by atoms with E-state index in [4.69, 9.17) is 0 Å². The lowest BCUT2D eigenvalue weighted by molar-refractivity contribution is 0.595. The number of sulfonamides is 1. The van der Waals surface area contributed by atoms with Gasteiger partial charge in [-0.3, -0.25) is 4.31 Å². The largest absolute Gasteiger partial charge is 0.272 e. The fraction of sp³-hybridized carbons (Fsp3) is 0.400. The lowest BCUT2D eigenvalue weighted by Crippen LogP contribution is -2.28. The number of hydrogen-bond donors (Lipinski definition) is 0. The highest BCUT2D eigenvalue weighted by atomic mass is 127. The zero-order chi connectivity index (χ0) is 11.6. The highest BCUT2D eigenvalue weighted by Gasteiger charge is 2.17. The van der Waals surface area contributed by atoms with Crippen LogP contribution in [0.4, 0.5) is 5.69 Å². The molecule has 0 saturated carbocycles. The van der Waals surface area contributed by atoms with Crippen LogP contribution in [0.15, 0.2) is 18.2 Å². The Bertz CT molecular complexity index is 456. The molecule has 0 aromatic heterocycles. The van der Waals surface area contributed by atoms with E-state index in [0.717, 1.165) is 14.8 Å². The second kappa shape index (κ2) is 4.69. The Morgan fingerprint density at radius 1 is 1.40 bits per heavy atom. The van der Waals surface area contributed by atoms with Crippen molar-refractivity contribution in [2.75, 3.05) is 17.1 Å². The van der Waals surface area contributed by atoms with E-state index in [9.17, 15) is 8.42 Å². The summed E-state index contributed by atoms with van der Waals surface area (Å²) in [6, 6.07) is 5.78. The molecule has 0 saturated heterocycles. The molecule has 0 aliphatic heterocycles. The summed E-state index contributed by atoms with van der Waals surface area (Å²) in [6.45, 7) is 3.60. The summed E-state index contributed by atoms with van der Waals surface area (Å²) in [6.07, 6.45) is 0. The minimum Gasteiger partial charge on any atom is -0.272 e. The van der Waals surface area contributed by atoms with Crippen LogP contribution in [0, 0.1) is 10.5 Å². The first kappa shape index (κ1) is 12.8. The van der Waals surface area contributed by atoms with Crippen molar-refractivity contribution in [3.8, 4) is 0 Å². The normalized spacial score (nSPS) is 11.5. The molecule has 0 amide bonds. The third-order valence-corrected chi connectivity index (χ3v) is 4.90. The fourth-order valence-corrected chi connectivity index (χ4v) is 2.91. The lowest BCUT2D eigenvalue weighted by atomic mass is 10.2. The first-order valence-electron chi connectivity index (χ1n) is 4.61. The zero-order valence-electron chi connectivity index (χ0n) is 8.99. The molecule has 84 valence electrons. The Hall–Kier alpha value is -0.300. The van der Waals surface area contributed by atoms with E-state index in [0.29, 0.717) is 0 Å². The van der Waals surface area contributed by atoms with E-state index < -0.39 is 10.0 Å². The lowest BCUT2D eigenvalue weighted by Gasteiger charge is -2.20. The second-order valence-electron chi connectivity index (χ2n) is 3.32. The van der Waals surface area contributed by atoms with Gasteiger partial charge >= 0.3 is 0 Å². The van der Waals surface area contributed by atoms with Gasteiger partial charge in [-0.2, -0.15) is 0 Å². The molecule has 0 bridgehead atoms. The number of aryl methyl sites for hydroxylation is 1. The van der Waals surface area contributed by atoms with Crippen LogP contribution in [0.3, 0.4) is 0 Å². The minimum absolute atomic E-state index is 0.119. The SMILES string of the molecule is CCS(=O)(=O)N(C)c1cc(C)ccc1I. The number of hydrogen-bond acceptors (Lipinski definition) is 2. The summed E-state index contributed by atoms with van der Waals surface area (Å²) < 4.78 is 25.7. The van der Waals surface area contributed by atoms with Crippen LogP contribution < -0.4 is 4.31 Å². The van der Waals surface area contributed by atoms with E-state index in [1.165, 1.54) is 4.31 Å². The second-order valence-corrected chi connectivity index (χ2v) is 6.77. The van der Waals surface area contributed by atoms with Gasteiger partial charge in [0.05, 0.1) is 11.4 Å². The van der Waals surface area contributed by atoms with Gasteiger partial charge in [-0.25, -0.2) is 8.42 Å². The van der Waals surface area contributed by atoms with Gasteiger partial charge in [0.25, 0.3) is 0 Å². The maximum Gasteiger partial charge on any atom is 0.234 e. The Labute approximate surface area is 105 Å². The smallest absolute Gasteiger partial charge is 0.234 e. The van der Waals surface area contributed by atoms with Crippen molar-refractivity contribution < 1.29 is 8.42 Å². The number of benzene rings is 1. The van der Waals surface area contributed by atoms with Crippen molar-refractivity contribution in [1.29, 1.82) is 0 Å². The van der Waals surface area contributed by atoms with Crippen LogP contribution in [-0.2, 0) is 10.0 Å². The van der Waals surface area contributed by atoms with Crippen molar-refractivity contribution in [3.05, 3.63) is 27.3 Å². The van der Waals surface area contributed by atoms with Gasteiger partial charge in [-0.15, -0.1) is 0 Å². The monoisotopic (exact) mass is 339 g/mol. The topological polar surface area (TPSA) is 37.4 Å². The average molecular weight is 339 g/mol. The first-order valence-corrected chi connectivity index (χ1v) is 7.30. The number of nitrogens with zero attached hydrogens (tertiary/aromatic N) is 1. The predicted molar refractivity (Wildman–Crippen MR) is 71.8 cm³/mol. The van der Waals surface area contributed by atoms with Crippen molar-refractivity contribution in [3.63, 3.8) is 0 Å². The van der Waals surface area contributed by atoms with Crippen LogP contribution in [0.1, 0.15) is 12.5 Å². The number of halogens is 1. The van der Waals surface area contributed by atoms with Gasteiger partial charge in [0, 0.05) is 10.6 Å². The van der Waals surface area contributed by atoms with Gasteiger partial charge in [0.15, 0.2) is 0 Å². The summed E-state index contributed by atoms with van der Waals surface area (Å²) in [5.41, 5.74) is 1.81. The molecule has 0 heterocycles. The Kier molecular flexibility index (Phi) is 3.99. The van der Waals surface area contributed by atoms with Crippen LogP contribution >= 0.6 is 22.6 Å². The molecule has 1 aromatic rings. The summed E-state index contributed by atoms with van der Waals surface area (Å²) in [4.78, 5) is 0. The molecule has 0 aliphatic carbocycles. The molecule has 0 fully saturated rings. The molecular weight excluding hydrogens is 325 g/mol. The van der Waals surface area contributed by atoms with Gasteiger partial charge in [-0.1, -0.05) is 6.07 Å². The molecule has 0 N–H and O–H groups in total. The Morgan fingerprint density at radius 2 is 2.00 bits per heavy atom. The fourth-order valence-electron chi connectivity index (χ4n) is 1.21. The van der Waals surface area contributed by atoms with Crippen LogP contribution in [-0.4, -0.2) is 21.2 Å². The average Bonchev–Trinajstić information content (AvgIpc) is 2.20. The standard InChI is InChI=1S/C10H14INO2S/c1-4-15(13,14)12(3)10-7-8(2)5-6-9(10)11/h5-7H,4H2,1-3H3. The van der Waals surface area contributed by atoms with E-state index in [1.807, 2.05) is 25.1 Å². The van der Waals surface area contributed by atoms with Gasteiger partial charge in [-0.05, 0) is 54.1 Å². The summed E-state index contributed by atoms with van der Waals surface area (Å²) >= 11 is 2.14. The van der Waals surface area contributed by atoms with Crippen molar-refractivity contribution >= 4 is 38.3 Å². The minimum atomic E-state index is -3.16. The van der Waals surface area contributed by atoms with Crippen molar-refractivity contribution in [1.82, 2.24) is 0 Å². The van der Waals surface area contributed by atoms with Crippen molar-refractivity contribution in [2.24, 2.45) is 0 Å². The third-order valence-electron chi connectivity index (χ3n) is 2.22. The maximum atomic E-state index is 11.7. The number of anilines is 1. The summed E-state index contributed by atoms with van der Waals surface area (Å²) in [7, 11) is -1.57. The van der Waals surface area contributed by atoms with Crippen LogP contribution in [0.2, 0.25) is 0 Å². The molecule has 0 radical (unpaired) electrons.